The van der Waals surface area contributed by atoms with Crippen molar-refractivity contribution in [2.45, 2.75) is 6.54 Å². The zero-order valence-electron chi connectivity index (χ0n) is 15.4. The zero-order chi connectivity index (χ0) is 20.6. The first-order chi connectivity index (χ1) is 14.1. The van der Waals surface area contributed by atoms with E-state index in [1.807, 2.05) is 6.07 Å². The summed E-state index contributed by atoms with van der Waals surface area (Å²) < 4.78 is 20.6. The predicted octanol–water partition coefficient (Wildman–Crippen LogP) is 3.32. The number of hydrogen-bond acceptors (Lipinski definition) is 7. The van der Waals surface area contributed by atoms with Crippen molar-refractivity contribution in [1.82, 2.24) is 5.32 Å². The van der Waals surface area contributed by atoms with Crippen molar-refractivity contribution in [3.63, 3.8) is 0 Å². The van der Waals surface area contributed by atoms with E-state index in [4.69, 9.17) is 18.3 Å². The third-order valence-electron chi connectivity index (χ3n) is 3.79. The molecule has 1 aromatic carbocycles. The lowest BCUT2D eigenvalue weighted by atomic mass is 10.1. The number of amides is 1. The Labute approximate surface area is 165 Å². The lowest BCUT2D eigenvalue weighted by Crippen LogP contribution is -2.23. The van der Waals surface area contributed by atoms with Gasteiger partial charge in [0.05, 0.1) is 26.2 Å². The van der Waals surface area contributed by atoms with Gasteiger partial charge >= 0.3 is 5.97 Å². The molecule has 0 radical (unpaired) electrons. The normalized spacial score (nSPS) is 10.8. The van der Waals surface area contributed by atoms with Gasteiger partial charge in [-0.2, -0.15) is 5.26 Å². The molecule has 0 saturated heterocycles. The minimum Gasteiger partial charge on any atom is -0.493 e. The molecule has 0 saturated carbocycles. The number of hydrogen-bond donors (Lipinski definition) is 1. The van der Waals surface area contributed by atoms with Crippen molar-refractivity contribution in [1.29, 1.82) is 5.26 Å². The van der Waals surface area contributed by atoms with Crippen LogP contribution in [0.5, 0.6) is 11.5 Å². The average molecular weight is 392 g/mol. The number of benzene rings is 1. The molecule has 146 valence electrons. The number of nitrogens with zero attached hydrogens (tertiary/aromatic N) is 1. The maximum Gasteiger partial charge on any atom is 0.379 e. The number of esters is 1. The van der Waals surface area contributed by atoms with Gasteiger partial charge in [-0.05, 0) is 48.0 Å². The molecule has 0 fully saturated rings. The molecule has 8 nitrogen and oxygen atoms in total. The van der Waals surface area contributed by atoms with Crippen LogP contribution in [0.15, 0.2) is 69.4 Å². The van der Waals surface area contributed by atoms with Crippen LogP contribution in [-0.4, -0.2) is 19.0 Å². The van der Waals surface area contributed by atoms with Crippen molar-refractivity contribution >= 4 is 18.0 Å². The summed E-state index contributed by atoms with van der Waals surface area (Å²) in [7, 11) is 1.41. The summed E-state index contributed by atoms with van der Waals surface area (Å²) in [6.07, 6.45) is 4.26. The van der Waals surface area contributed by atoms with E-state index < -0.39 is 11.9 Å². The standard InChI is InChI=1S/C21H16N2O6/c1-26-19-11-14(6-7-17(19)29-21(25)18-5-3-9-28-18)10-15(12-22)20(24)23-13-16-4-2-8-27-16/h2-11H,13H2,1H3,(H,23,24)/b15-10+. The Bertz CT molecular complexity index is 1060. The van der Waals surface area contributed by atoms with Crippen LogP contribution in [-0.2, 0) is 11.3 Å². The number of carbonyl (C=O) groups excluding carboxylic acids is 2. The summed E-state index contributed by atoms with van der Waals surface area (Å²) in [6, 6.07) is 13.0. The summed E-state index contributed by atoms with van der Waals surface area (Å²) in [5.74, 6) is -0.169. The SMILES string of the molecule is COc1cc(/C=C(\C#N)C(=O)NCc2ccco2)ccc1OC(=O)c1ccco1. The molecular weight excluding hydrogens is 376 g/mol. The van der Waals surface area contributed by atoms with E-state index in [0.29, 0.717) is 11.3 Å². The van der Waals surface area contributed by atoms with Gasteiger partial charge in [0.2, 0.25) is 5.76 Å². The maximum atomic E-state index is 12.2. The average Bonchev–Trinajstić information content (AvgIpc) is 3.45. The highest BCUT2D eigenvalue weighted by atomic mass is 16.6. The Hall–Kier alpha value is -4.25. The molecule has 2 heterocycles. The van der Waals surface area contributed by atoms with Gasteiger partial charge in [0, 0.05) is 0 Å². The second kappa shape index (κ2) is 9.10. The van der Waals surface area contributed by atoms with Crippen molar-refractivity contribution in [3.05, 3.63) is 77.6 Å². The summed E-state index contributed by atoms with van der Waals surface area (Å²) in [5.41, 5.74) is 0.420. The smallest absolute Gasteiger partial charge is 0.379 e. The molecular formula is C21H16N2O6. The maximum absolute atomic E-state index is 12.2. The second-order valence-corrected chi connectivity index (χ2v) is 5.71. The van der Waals surface area contributed by atoms with E-state index in [1.54, 1.807) is 30.3 Å². The minimum atomic E-state index is -0.674. The van der Waals surface area contributed by atoms with Gasteiger partial charge in [0.15, 0.2) is 11.5 Å². The van der Waals surface area contributed by atoms with Crippen LogP contribution in [0.2, 0.25) is 0 Å². The van der Waals surface area contributed by atoms with Gasteiger partial charge in [0.1, 0.15) is 17.4 Å². The molecule has 1 amide bonds. The van der Waals surface area contributed by atoms with Crippen molar-refractivity contribution in [2.24, 2.45) is 0 Å². The van der Waals surface area contributed by atoms with Crippen molar-refractivity contribution < 1.29 is 27.9 Å². The Kier molecular flexibility index (Phi) is 6.12. The number of carbonyl (C=O) groups is 2. The van der Waals surface area contributed by atoms with Crippen molar-refractivity contribution in [2.75, 3.05) is 7.11 Å². The number of furan rings is 2. The Balaban J connectivity index is 1.74. The molecule has 8 heteroatoms. The summed E-state index contributed by atoms with van der Waals surface area (Å²) in [6.45, 7) is 0.163. The highest BCUT2D eigenvalue weighted by Crippen LogP contribution is 2.29. The monoisotopic (exact) mass is 392 g/mol. The number of rotatable bonds is 7. The molecule has 2 aromatic heterocycles. The van der Waals surface area contributed by atoms with Gasteiger partial charge in [0.25, 0.3) is 5.91 Å². The zero-order valence-corrected chi connectivity index (χ0v) is 15.4. The summed E-state index contributed by atoms with van der Waals surface area (Å²) in [5, 5.41) is 11.9. The molecule has 0 aliphatic heterocycles. The highest BCUT2D eigenvalue weighted by Gasteiger charge is 2.16. The minimum absolute atomic E-state index is 0.0519. The van der Waals surface area contributed by atoms with Crippen LogP contribution < -0.4 is 14.8 Å². The predicted molar refractivity (Wildman–Crippen MR) is 101 cm³/mol. The third kappa shape index (κ3) is 4.93. The molecule has 0 atom stereocenters. The van der Waals surface area contributed by atoms with Crippen LogP contribution in [0.25, 0.3) is 6.08 Å². The molecule has 0 aliphatic rings. The Morgan fingerprint density at radius 2 is 1.93 bits per heavy atom. The van der Waals surface area contributed by atoms with E-state index in [9.17, 15) is 14.9 Å². The second-order valence-electron chi connectivity index (χ2n) is 5.71. The van der Waals surface area contributed by atoms with Crippen molar-refractivity contribution in [3.8, 4) is 17.6 Å². The molecule has 3 aromatic rings. The van der Waals surface area contributed by atoms with Gasteiger partial charge in [-0.15, -0.1) is 0 Å². The van der Waals surface area contributed by atoms with Crippen LogP contribution in [0.1, 0.15) is 21.9 Å². The fraction of sp³-hybridized carbons (Fsp3) is 0.0952. The summed E-state index contributed by atoms with van der Waals surface area (Å²) >= 11 is 0. The van der Waals surface area contributed by atoms with Crippen LogP contribution in [0.4, 0.5) is 0 Å². The lowest BCUT2D eigenvalue weighted by molar-refractivity contribution is -0.117. The molecule has 29 heavy (non-hydrogen) atoms. The number of nitrogens with one attached hydrogen (secondary N) is 1. The Morgan fingerprint density at radius 3 is 2.59 bits per heavy atom. The van der Waals surface area contributed by atoms with Gasteiger partial charge in [-0.1, -0.05) is 6.07 Å². The van der Waals surface area contributed by atoms with Crippen LogP contribution in [0.3, 0.4) is 0 Å². The van der Waals surface area contributed by atoms with Gasteiger partial charge in [-0.25, -0.2) is 4.79 Å². The lowest BCUT2D eigenvalue weighted by Gasteiger charge is -2.09. The third-order valence-corrected chi connectivity index (χ3v) is 3.79. The van der Waals surface area contributed by atoms with Gasteiger partial charge < -0.3 is 23.6 Å². The number of ether oxygens (including phenoxy) is 2. The molecule has 0 bridgehead atoms. The van der Waals surface area contributed by atoms with Crippen LogP contribution in [0, 0.1) is 11.3 Å². The quantitative estimate of drug-likeness (QED) is 0.284. The number of methoxy groups -OCH3 is 1. The molecule has 3 rings (SSSR count). The number of nitriles is 1. The molecule has 0 aliphatic carbocycles. The summed E-state index contributed by atoms with van der Waals surface area (Å²) in [4.78, 5) is 24.2. The van der Waals surface area contributed by atoms with E-state index in [-0.39, 0.29) is 29.4 Å². The van der Waals surface area contributed by atoms with E-state index in [0.717, 1.165) is 0 Å². The molecule has 0 spiro atoms. The van der Waals surface area contributed by atoms with E-state index in [1.165, 1.54) is 37.8 Å². The topological polar surface area (TPSA) is 115 Å². The first kappa shape index (κ1) is 19.5. The largest absolute Gasteiger partial charge is 0.493 e. The van der Waals surface area contributed by atoms with Crippen LogP contribution >= 0.6 is 0 Å². The molecule has 1 N–H and O–H groups in total. The molecule has 0 unspecified atom stereocenters. The first-order valence-electron chi connectivity index (χ1n) is 8.47. The Morgan fingerprint density at radius 1 is 1.14 bits per heavy atom. The van der Waals surface area contributed by atoms with Gasteiger partial charge in [-0.3, -0.25) is 4.79 Å². The highest BCUT2D eigenvalue weighted by molar-refractivity contribution is 6.01. The van der Waals surface area contributed by atoms with E-state index >= 15 is 0 Å². The first-order valence-corrected chi connectivity index (χ1v) is 8.47. The fourth-order valence-corrected chi connectivity index (χ4v) is 2.39. The van der Waals surface area contributed by atoms with E-state index in [2.05, 4.69) is 5.32 Å². The fourth-order valence-electron chi connectivity index (χ4n) is 2.39.